The summed E-state index contributed by atoms with van der Waals surface area (Å²) in [6, 6.07) is 29.4. The number of amides is 3. The molecular weight excluding hydrogens is 464 g/mol. The molecule has 0 radical (unpaired) electrons. The molecule has 4 N–H and O–H groups in total. The van der Waals surface area contributed by atoms with Crippen LogP contribution in [0.4, 0.5) is 0 Å². The molecule has 0 fully saturated rings. The number of benzene rings is 4. The first-order chi connectivity index (χ1) is 18.0. The van der Waals surface area contributed by atoms with Gasteiger partial charge in [-0.15, -0.1) is 0 Å². The zero-order chi connectivity index (χ0) is 25.5. The van der Waals surface area contributed by atoms with Crippen molar-refractivity contribution < 1.29 is 14.4 Å². The van der Waals surface area contributed by atoms with Crippen LogP contribution in [0.5, 0.6) is 0 Å². The largest absolute Gasteiger partial charge is 0.368 e. The van der Waals surface area contributed by atoms with Crippen molar-refractivity contribution in [2.24, 2.45) is 5.73 Å². The number of carbonyl (C=O) groups excluding carboxylic acids is 3. The molecule has 5 aromatic rings. The molecular formula is C30H24N4O3. The Morgan fingerprint density at radius 3 is 2.46 bits per heavy atom. The molecule has 0 spiro atoms. The van der Waals surface area contributed by atoms with Crippen LogP contribution in [0, 0.1) is 0 Å². The second-order valence-electron chi connectivity index (χ2n) is 9.19. The Labute approximate surface area is 212 Å². The molecule has 7 heteroatoms. The fourth-order valence-electron chi connectivity index (χ4n) is 5.26. The van der Waals surface area contributed by atoms with Crippen LogP contribution in [0.3, 0.4) is 0 Å². The lowest BCUT2D eigenvalue weighted by Crippen LogP contribution is -2.42. The normalized spacial score (nSPS) is 14.8. The van der Waals surface area contributed by atoms with Crippen LogP contribution >= 0.6 is 0 Å². The predicted molar refractivity (Wildman–Crippen MR) is 143 cm³/mol. The number of hydrogen-bond donors (Lipinski definition) is 3. The van der Waals surface area contributed by atoms with Crippen LogP contribution in [0.15, 0.2) is 91.0 Å². The first-order valence-corrected chi connectivity index (χ1v) is 12.1. The third kappa shape index (κ3) is 3.90. The van der Waals surface area contributed by atoms with E-state index in [0.717, 1.165) is 44.1 Å². The first kappa shape index (κ1) is 22.5. The van der Waals surface area contributed by atoms with Gasteiger partial charge in [-0.25, -0.2) is 0 Å². The highest BCUT2D eigenvalue weighted by atomic mass is 16.2. The Hall–Kier alpha value is -4.91. The molecule has 7 nitrogen and oxygen atoms in total. The lowest BCUT2D eigenvalue weighted by molar-refractivity contribution is -0.125. The molecule has 0 aliphatic carbocycles. The van der Waals surface area contributed by atoms with Gasteiger partial charge >= 0.3 is 0 Å². The molecule has 2 heterocycles. The Morgan fingerprint density at radius 2 is 1.62 bits per heavy atom. The molecule has 1 aromatic heterocycles. The Kier molecular flexibility index (Phi) is 5.45. The number of nitrogens with zero attached hydrogens (tertiary/aromatic N) is 1. The summed E-state index contributed by atoms with van der Waals surface area (Å²) in [5, 5.41) is 5.73. The van der Waals surface area contributed by atoms with Gasteiger partial charge in [-0.2, -0.15) is 0 Å². The monoisotopic (exact) mass is 488 g/mol. The summed E-state index contributed by atoms with van der Waals surface area (Å²) in [7, 11) is 0. The zero-order valence-corrected chi connectivity index (χ0v) is 19.9. The molecule has 0 saturated heterocycles. The molecule has 182 valence electrons. The van der Waals surface area contributed by atoms with Crippen LogP contribution < -0.4 is 11.1 Å². The van der Waals surface area contributed by atoms with E-state index in [4.69, 9.17) is 5.73 Å². The second kappa shape index (κ2) is 8.95. The second-order valence-corrected chi connectivity index (χ2v) is 9.19. The number of nitrogens with two attached hydrogens (primary N) is 1. The maximum atomic E-state index is 13.6. The van der Waals surface area contributed by atoms with Crippen molar-refractivity contribution in [1.82, 2.24) is 15.2 Å². The Balaban J connectivity index is 1.54. The van der Waals surface area contributed by atoms with Crippen LogP contribution in [0.2, 0.25) is 0 Å². The number of para-hydroxylation sites is 1. The van der Waals surface area contributed by atoms with Gasteiger partial charge in [0.1, 0.15) is 6.54 Å². The number of fused-ring (bicyclic) bond motifs is 3. The molecule has 0 bridgehead atoms. The van der Waals surface area contributed by atoms with Crippen LogP contribution in [0.1, 0.15) is 27.5 Å². The van der Waals surface area contributed by atoms with Crippen LogP contribution in [-0.2, 0) is 9.59 Å². The van der Waals surface area contributed by atoms with Gasteiger partial charge in [0.2, 0.25) is 11.8 Å². The van der Waals surface area contributed by atoms with Gasteiger partial charge in [0.05, 0.1) is 18.3 Å². The number of nitrogens with one attached hydrogen (secondary N) is 2. The van der Waals surface area contributed by atoms with Crippen molar-refractivity contribution in [3.8, 4) is 11.3 Å². The minimum atomic E-state index is -0.642. The lowest BCUT2D eigenvalue weighted by atomic mass is 9.92. The number of carbonyl (C=O) groups is 3. The summed E-state index contributed by atoms with van der Waals surface area (Å²) >= 11 is 0. The van der Waals surface area contributed by atoms with E-state index in [1.165, 1.54) is 0 Å². The quantitative estimate of drug-likeness (QED) is 0.334. The minimum Gasteiger partial charge on any atom is -0.368 e. The van der Waals surface area contributed by atoms with Gasteiger partial charge in [0.15, 0.2) is 0 Å². The van der Waals surface area contributed by atoms with Crippen molar-refractivity contribution in [3.63, 3.8) is 0 Å². The third-order valence-electron chi connectivity index (χ3n) is 6.89. The summed E-state index contributed by atoms with van der Waals surface area (Å²) in [5.41, 5.74) is 10.3. The van der Waals surface area contributed by atoms with Crippen LogP contribution in [0.25, 0.3) is 32.9 Å². The maximum absolute atomic E-state index is 13.6. The Bertz CT molecular complexity index is 1700. The summed E-state index contributed by atoms with van der Waals surface area (Å²) in [6.07, 6.45) is 0. The molecule has 4 aromatic carbocycles. The average molecular weight is 489 g/mol. The maximum Gasteiger partial charge on any atom is 0.255 e. The van der Waals surface area contributed by atoms with E-state index in [1.807, 2.05) is 54.6 Å². The van der Waals surface area contributed by atoms with Gasteiger partial charge in [-0.05, 0) is 40.1 Å². The topological polar surface area (TPSA) is 108 Å². The highest BCUT2D eigenvalue weighted by Gasteiger charge is 2.41. The van der Waals surface area contributed by atoms with E-state index in [1.54, 1.807) is 11.0 Å². The highest BCUT2D eigenvalue weighted by Crippen LogP contribution is 2.45. The number of hydrogen-bond acceptors (Lipinski definition) is 3. The van der Waals surface area contributed by atoms with Gasteiger partial charge in [0, 0.05) is 22.0 Å². The summed E-state index contributed by atoms with van der Waals surface area (Å²) < 4.78 is 0. The third-order valence-corrected chi connectivity index (χ3v) is 6.89. The molecule has 3 amide bonds. The number of aromatic nitrogens is 1. The molecule has 37 heavy (non-hydrogen) atoms. The fourth-order valence-corrected chi connectivity index (χ4v) is 5.26. The minimum absolute atomic E-state index is 0.206. The summed E-state index contributed by atoms with van der Waals surface area (Å²) in [4.78, 5) is 42.7. The van der Waals surface area contributed by atoms with E-state index in [-0.39, 0.29) is 19.0 Å². The van der Waals surface area contributed by atoms with Crippen molar-refractivity contribution in [2.75, 3.05) is 13.1 Å². The first-order valence-electron chi connectivity index (χ1n) is 12.1. The van der Waals surface area contributed by atoms with Crippen molar-refractivity contribution >= 4 is 39.4 Å². The van der Waals surface area contributed by atoms with Crippen LogP contribution in [-0.4, -0.2) is 40.7 Å². The van der Waals surface area contributed by atoms with Crippen molar-refractivity contribution in [3.05, 3.63) is 108 Å². The average Bonchev–Trinajstić information content (AvgIpc) is 3.42. The molecule has 6 rings (SSSR count). The van der Waals surface area contributed by atoms with Crippen molar-refractivity contribution in [2.45, 2.75) is 6.04 Å². The standard InChI is InChI=1S/C30H24N4O3/c31-25(35)16-32-26(36)17-34-29(21-9-3-4-10-22(21)30(34)37)27-23-11-5-6-12-24(23)33-28(27)20-14-13-18-7-1-2-8-19(18)15-20/h1-15,29,33H,16-17H2,(H2,31,35)(H,32,36). The highest BCUT2D eigenvalue weighted by molar-refractivity contribution is 6.04. The SMILES string of the molecule is NC(=O)CNC(=O)CN1C(=O)c2ccccc2C1c1c(-c2ccc3ccccc3c2)[nH]c2ccccc12. The lowest BCUT2D eigenvalue weighted by Gasteiger charge is -2.26. The predicted octanol–water partition coefficient (Wildman–Crippen LogP) is 4.13. The van der Waals surface area contributed by atoms with E-state index >= 15 is 0 Å². The molecule has 1 unspecified atom stereocenters. The summed E-state index contributed by atoms with van der Waals surface area (Å²) in [6.45, 7) is -0.490. The number of primary amides is 1. The molecule has 1 atom stereocenters. The number of rotatable bonds is 6. The van der Waals surface area contributed by atoms with Crippen molar-refractivity contribution in [1.29, 1.82) is 0 Å². The van der Waals surface area contributed by atoms with Gasteiger partial charge in [-0.1, -0.05) is 72.8 Å². The number of aromatic amines is 1. The molecule has 1 aliphatic heterocycles. The zero-order valence-electron chi connectivity index (χ0n) is 19.9. The van der Waals surface area contributed by atoms with E-state index in [9.17, 15) is 14.4 Å². The Morgan fingerprint density at radius 1 is 0.892 bits per heavy atom. The van der Waals surface area contributed by atoms with E-state index < -0.39 is 17.9 Å². The molecule has 1 aliphatic rings. The number of H-pyrrole nitrogens is 1. The van der Waals surface area contributed by atoms with Gasteiger partial charge < -0.3 is 20.9 Å². The smallest absolute Gasteiger partial charge is 0.255 e. The van der Waals surface area contributed by atoms with E-state index in [0.29, 0.717) is 5.56 Å². The van der Waals surface area contributed by atoms with Gasteiger partial charge in [-0.3, -0.25) is 14.4 Å². The fraction of sp³-hybridized carbons (Fsp3) is 0.100. The molecule has 0 saturated carbocycles. The van der Waals surface area contributed by atoms with Gasteiger partial charge in [0.25, 0.3) is 5.91 Å². The van der Waals surface area contributed by atoms with E-state index in [2.05, 4.69) is 40.6 Å². The summed E-state index contributed by atoms with van der Waals surface area (Å²) in [5.74, 6) is -1.32.